The number of halogens is 1. The largest absolute Gasteiger partial charge is 0.477 e. The Morgan fingerprint density at radius 2 is 1.78 bits per heavy atom. The summed E-state index contributed by atoms with van der Waals surface area (Å²) in [6.45, 7) is 3.36. The third-order valence-electron chi connectivity index (χ3n) is 5.58. The van der Waals surface area contributed by atoms with Gasteiger partial charge in [-0.15, -0.1) is 11.3 Å². The van der Waals surface area contributed by atoms with E-state index in [4.69, 9.17) is 0 Å². The van der Waals surface area contributed by atoms with Gasteiger partial charge < -0.3 is 5.11 Å². The van der Waals surface area contributed by atoms with E-state index in [9.17, 15) is 28.7 Å². The van der Waals surface area contributed by atoms with Gasteiger partial charge in [-0.25, -0.2) is 14.1 Å². The van der Waals surface area contributed by atoms with Crippen LogP contribution in [-0.4, -0.2) is 28.7 Å². The van der Waals surface area contributed by atoms with Crippen LogP contribution in [0.3, 0.4) is 0 Å². The molecule has 1 aliphatic rings. The molecule has 0 aliphatic carbocycles. The smallest absolute Gasteiger partial charge is 0.346 e. The van der Waals surface area contributed by atoms with Crippen LogP contribution in [0.15, 0.2) is 53.9 Å². The molecule has 0 saturated heterocycles. The Morgan fingerprint density at radius 1 is 1.09 bits per heavy atom. The summed E-state index contributed by atoms with van der Waals surface area (Å²) >= 11 is 0.852. The van der Waals surface area contributed by atoms with Crippen molar-refractivity contribution in [2.24, 2.45) is 0 Å². The van der Waals surface area contributed by atoms with E-state index in [2.05, 4.69) is 0 Å². The normalized spacial score (nSPS) is 13.8. The van der Waals surface area contributed by atoms with Crippen LogP contribution < -0.4 is 4.90 Å². The molecule has 0 bridgehead atoms. The van der Waals surface area contributed by atoms with Gasteiger partial charge in [-0.3, -0.25) is 14.4 Å². The quantitative estimate of drug-likeness (QED) is 0.456. The maximum atomic E-state index is 14.8. The summed E-state index contributed by atoms with van der Waals surface area (Å²) in [6.07, 6.45) is -0.221. The number of Topliss-reactive ketones (excluding diaryl/α,β-unsaturated/α-hetero) is 1. The number of hydrogen-bond donors (Lipinski definition) is 1. The Hall–Kier alpha value is -3.65. The summed E-state index contributed by atoms with van der Waals surface area (Å²) in [5.41, 5.74) is -0.285. The fourth-order valence-electron chi connectivity index (χ4n) is 3.78. The molecule has 0 saturated carbocycles. The number of benzene rings is 2. The number of thiophene rings is 1. The average Bonchev–Trinajstić information content (AvgIpc) is 3.19. The second-order valence-electron chi connectivity index (χ2n) is 7.97. The molecule has 0 atom stereocenters. The molecular formula is C24H18FNO5S. The molecule has 0 spiro atoms. The zero-order valence-corrected chi connectivity index (χ0v) is 18.0. The first-order valence-electron chi connectivity index (χ1n) is 9.73. The molecule has 162 valence electrons. The van der Waals surface area contributed by atoms with E-state index in [1.54, 1.807) is 44.2 Å². The van der Waals surface area contributed by atoms with Gasteiger partial charge in [0.1, 0.15) is 10.7 Å². The number of hydrogen-bond acceptors (Lipinski definition) is 5. The SMILES string of the molecule is CC(C)(C(=O)c1ccccc1)c1ccc(F)c(N2C(=O)Cc3csc(C(=O)O)c3C2=O)c1. The van der Waals surface area contributed by atoms with E-state index in [0.29, 0.717) is 21.6 Å². The molecule has 6 nitrogen and oxygen atoms in total. The van der Waals surface area contributed by atoms with Crippen molar-refractivity contribution in [3.8, 4) is 0 Å². The predicted molar refractivity (Wildman–Crippen MR) is 117 cm³/mol. The summed E-state index contributed by atoms with van der Waals surface area (Å²) in [4.78, 5) is 50.9. The lowest BCUT2D eigenvalue weighted by Gasteiger charge is -2.29. The van der Waals surface area contributed by atoms with Gasteiger partial charge >= 0.3 is 5.97 Å². The monoisotopic (exact) mass is 451 g/mol. The maximum absolute atomic E-state index is 14.8. The van der Waals surface area contributed by atoms with Crippen LogP contribution in [0, 0.1) is 5.82 Å². The number of carbonyl (C=O) groups excluding carboxylic acids is 3. The number of amides is 2. The minimum Gasteiger partial charge on any atom is -0.477 e. The van der Waals surface area contributed by atoms with Gasteiger partial charge in [-0.05, 0) is 42.5 Å². The molecule has 2 heterocycles. The first-order chi connectivity index (χ1) is 15.1. The Kier molecular flexibility index (Phi) is 5.26. The number of carboxylic acids is 1. The molecule has 0 unspecified atom stereocenters. The minimum atomic E-state index is -1.29. The lowest BCUT2D eigenvalue weighted by molar-refractivity contribution is -0.117. The summed E-state index contributed by atoms with van der Waals surface area (Å²) < 4.78 is 14.8. The Bertz CT molecular complexity index is 1280. The number of carbonyl (C=O) groups is 4. The number of carboxylic acid groups (broad SMARTS) is 1. The van der Waals surface area contributed by atoms with Crippen molar-refractivity contribution in [3.63, 3.8) is 0 Å². The first kappa shape index (κ1) is 21.6. The van der Waals surface area contributed by atoms with Gasteiger partial charge in [-0.2, -0.15) is 0 Å². The number of fused-ring (bicyclic) bond motifs is 1. The van der Waals surface area contributed by atoms with E-state index < -0.39 is 29.0 Å². The fraction of sp³-hybridized carbons (Fsp3) is 0.167. The van der Waals surface area contributed by atoms with E-state index in [1.165, 1.54) is 17.5 Å². The number of ketones is 1. The van der Waals surface area contributed by atoms with E-state index in [0.717, 1.165) is 17.4 Å². The van der Waals surface area contributed by atoms with Crippen molar-refractivity contribution in [1.29, 1.82) is 0 Å². The fourth-order valence-corrected chi connectivity index (χ4v) is 4.68. The van der Waals surface area contributed by atoms with Gasteiger partial charge in [-0.1, -0.05) is 36.4 Å². The predicted octanol–water partition coefficient (Wildman–Crippen LogP) is 4.48. The van der Waals surface area contributed by atoms with E-state index >= 15 is 0 Å². The highest BCUT2D eigenvalue weighted by atomic mass is 32.1. The lowest BCUT2D eigenvalue weighted by Crippen LogP contribution is -2.43. The van der Waals surface area contributed by atoms with Crippen molar-refractivity contribution in [2.75, 3.05) is 4.90 Å². The number of aromatic carboxylic acids is 1. The third kappa shape index (κ3) is 3.42. The summed E-state index contributed by atoms with van der Waals surface area (Å²) in [6, 6.07) is 12.5. The van der Waals surface area contributed by atoms with Crippen molar-refractivity contribution in [3.05, 3.63) is 86.9 Å². The second-order valence-corrected chi connectivity index (χ2v) is 8.85. The van der Waals surface area contributed by atoms with Crippen molar-refractivity contribution < 1.29 is 28.7 Å². The molecule has 4 rings (SSSR count). The van der Waals surface area contributed by atoms with Crippen molar-refractivity contribution in [2.45, 2.75) is 25.7 Å². The summed E-state index contributed by atoms with van der Waals surface area (Å²) in [7, 11) is 0. The van der Waals surface area contributed by atoms with E-state index in [-0.39, 0.29) is 28.3 Å². The van der Waals surface area contributed by atoms with Gasteiger partial charge in [0.2, 0.25) is 5.91 Å². The number of imide groups is 1. The third-order valence-corrected chi connectivity index (χ3v) is 6.60. The molecule has 2 aromatic carbocycles. The molecule has 0 fully saturated rings. The van der Waals surface area contributed by atoms with Crippen LogP contribution in [0.4, 0.5) is 10.1 Å². The molecule has 0 radical (unpaired) electrons. The molecule has 1 N–H and O–H groups in total. The Labute approximate surface area is 186 Å². The minimum absolute atomic E-state index is 0.105. The molecule has 1 aromatic heterocycles. The van der Waals surface area contributed by atoms with Crippen LogP contribution in [0.1, 0.15) is 55.4 Å². The second kappa shape index (κ2) is 7.80. The topological polar surface area (TPSA) is 91.8 Å². The standard InChI is InChI=1S/C24H18FNO5S/c1-24(2,21(28)13-6-4-3-5-7-13)15-8-9-16(25)17(11-15)26-18(27)10-14-12-32-20(23(30)31)19(14)22(26)29/h3-9,11-12H,10H2,1-2H3,(H,30,31). The molecule has 1 aliphatic heterocycles. The molecule has 8 heteroatoms. The highest BCUT2D eigenvalue weighted by Crippen LogP contribution is 2.36. The van der Waals surface area contributed by atoms with Crippen LogP contribution in [-0.2, 0) is 16.6 Å². The molecular weight excluding hydrogens is 433 g/mol. The van der Waals surface area contributed by atoms with E-state index in [1.807, 2.05) is 0 Å². The molecule has 3 aromatic rings. The van der Waals surface area contributed by atoms with Crippen LogP contribution in [0.5, 0.6) is 0 Å². The first-order valence-corrected chi connectivity index (χ1v) is 10.6. The number of anilines is 1. The highest BCUT2D eigenvalue weighted by molar-refractivity contribution is 7.12. The highest BCUT2D eigenvalue weighted by Gasteiger charge is 2.39. The lowest BCUT2D eigenvalue weighted by atomic mass is 9.77. The van der Waals surface area contributed by atoms with Gasteiger partial charge in [0.15, 0.2) is 5.78 Å². The Morgan fingerprint density at radius 3 is 2.44 bits per heavy atom. The molecule has 32 heavy (non-hydrogen) atoms. The van der Waals surface area contributed by atoms with Crippen molar-refractivity contribution in [1.82, 2.24) is 0 Å². The molecule has 2 amide bonds. The van der Waals surface area contributed by atoms with Crippen molar-refractivity contribution >= 4 is 40.6 Å². The number of rotatable bonds is 5. The van der Waals surface area contributed by atoms with Crippen LogP contribution in [0.25, 0.3) is 0 Å². The maximum Gasteiger partial charge on any atom is 0.346 e. The summed E-state index contributed by atoms with van der Waals surface area (Å²) in [5, 5.41) is 10.8. The van der Waals surface area contributed by atoms with Gasteiger partial charge in [0.25, 0.3) is 5.91 Å². The van der Waals surface area contributed by atoms with Crippen LogP contribution >= 0.6 is 11.3 Å². The van der Waals surface area contributed by atoms with Crippen LogP contribution in [0.2, 0.25) is 0 Å². The Balaban J connectivity index is 1.78. The zero-order valence-electron chi connectivity index (χ0n) is 17.2. The van der Waals surface area contributed by atoms with Gasteiger partial charge in [0.05, 0.1) is 23.1 Å². The zero-order chi connectivity index (χ0) is 23.2. The van der Waals surface area contributed by atoms with Gasteiger partial charge in [0, 0.05) is 5.56 Å². The number of nitrogens with zero attached hydrogens (tertiary/aromatic N) is 1. The average molecular weight is 451 g/mol. The summed E-state index contributed by atoms with van der Waals surface area (Å²) in [5.74, 6) is -3.88.